The topological polar surface area (TPSA) is 73.3 Å². The van der Waals surface area contributed by atoms with Gasteiger partial charge < -0.3 is 10.2 Å². The third kappa shape index (κ3) is 1.62. The maximum Gasteiger partial charge on any atom is 0.155 e. The first-order valence-corrected chi connectivity index (χ1v) is 5.94. The predicted octanol–water partition coefficient (Wildman–Crippen LogP) is 0.209. The smallest absolute Gasteiger partial charge is 0.155 e. The summed E-state index contributed by atoms with van der Waals surface area (Å²) in [4.78, 5) is 0. The van der Waals surface area contributed by atoms with Gasteiger partial charge in [0.15, 0.2) is 9.84 Å². The quantitative estimate of drug-likeness (QED) is 0.705. The highest BCUT2D eigenvalue weighted by Gasteiger charge is 2.24. The van der Waals surface area contributed by atoms with Crippen molar-refractivity contribution < 1.29 is 12.8 Å². The summed E-state index contributed by atoms with van der Waals surface area (Å²) in [5.74, 6) is 1.75. The van der Waals surface area contributed by atoms with E-state index in [0.29, 0.717) is 18.7 Å². The molecule has 2 heterocycles. The lowest BCUT2D eigenvalue weighted by molar-refractivity contribution is 0.465. The molecule has 72 valence electrons. The maximum absolute atomic E-state index is 11.2. The molecule has 0 aromatic carbocycles. The molecule has 4 nitrogen and oxygen atoms in total. The van der Waals surface area contributed by atoms with Crippen LogP contribution in [0.3, 0.4) is 0 Å². The van der Waals surface area contributed by atoms with Gasteiger partial charge in [0.2, 0.25) is 0 Å². The zero-order valence-corrected chi connectivity index (χ0v) is 7.93. The van der Waals surface area contributed by atoms with E-state index in [1.807, 2.05) is 0 Å². The normalized spacial score (nSPS) is 19.8. The molecule has 1 aromatic heterocycles. The molecule has 0 saturated heterocycles. The van der Waals surface area contributed by atoms with E-state index in [4.69, 9.17) is 10.2 Å². The van der Waals surface area contributed by atoms with Gasteiger partial charge in [-0.2, -0.15) is 0 Å². The highest BCUT2D eigenvalue weighted by atomic mass is 32.2. The van der Waals surface area contributed by atoms with Gasteiger partial charge in [-0.05, 0) is 6.07 Å². The van der Waals surface area contributed by atoms with E-state index in [-0.39, 0.29) is 11.5 Å². The summed E-state index contributed by atoms with van der Waals surface area (Å²) >= 11 is 0. The monoisotopic (exact) mass is 201 g/mol. The Kier molecular flexibility index (Phi) is 1.92. The largest absolute Gasteiger partial charge is 0.464 e. The minimum Gasteiger partial charge on any atom is -0.464 e. The van der Waals surface area contributed by atoms with Crippen molar-refractivity contribution in [2.24, 2.45) is 5.73 Å². The first-order valence-electron chi connectivity index (χ1n) is 4.12. The molecule has 1 aromatic rings. The average molecular weight is 201 g/mol. The summed E-state index contributed by atoms with van der Waals surface area (Å²) in [6.45, 7) is 0.326. The van der Waals surface area contributed by atoms with E-state index in [0.717, 1.165) is 11.3 Å². The molecular formula is C8H11NO3S. The van der Waals surface area contributed by atoms with E-state index in [1.165, 1.54) is 0 Å². The minimum atomic E-state index is -2.89. The van der Waals surface area contributed by atoms with Crippen molar-refractivity contribution in [2.75, 3.05) is 5.75 Å². The van der Waals surface area contributed by atoms with Gasteiger partial charge in [0.05, 0.1) is 18.1 Å². The van der Waals surface area contributed by atoms with Crippen LogP contribution in [0.1, 0.15) is 17.1 Å². The van der Waals surface area contributed by atoms with Gasteiger partial charge in [-0.3, -0.25) is 0 Å². The van der Waals surface area contributed by atoms with Gasteiger partial charge in [0, 0.05) is 12.0 Å². The van der Waals surface area contributed by atoms with Crippen molar-refractivity contribution in [3.05, 3.63) is 23.2 Å². The minimum absolute atomic E-state index is 0.103. The number of nitrogens with two attached hydrogens (primary N) is 1. The summed E-state index contributed by atoms with van der Waals surface area (Å²) in [6, 6.07) is 1.74. The molecule has 0 bridgehead atoms. The molecule has 1 aliphatic rings. The zero-order valence-electron chi connectivity index (χ0n) is 7.12. The second-order valence-electron chi connectivity index (χ2n) is 3.21. The van der Waals surface area contributed by atoms with Crippen molar-refractivity contribution in [3.8, 4) is 0 Å². The molecule has 0 spiro atoms. The summed E-state index contributed by atoms with van der Waals surface area (Å²) in [5.41, 5.74) is 6.17. The van der Waals surface area contributed by atoms with Crippen LogP contribution in [0.25, 0.3) is 0 Å². The van der Waals surface area contributed by atoms with E-state index in [2.05, 4.69) is 0 Å². The maximum atomic E-state index is 11.2. The van der Waals surface area contributed by atoms with Gasteiger partial charge in [-0.15, -0.1) is 0 Å². The number of aryl methyl sites for hydroxylation is 1. The Bertz CT molecular complexity index is 419. The average Bonchev–Trinajstić information content (AvgIpc) is 2.44. The summed E-state index contributed by atoms with van der Waals surface area (Å²) in [5, 5.41) is 0. The lowest BCUT2D eigenvalue weighted by Crippen LogP contribution is -2.17. The Morgan fingerprint density at radius 3 is 3.00 bits per heavy atom. The Labute approximate surface area is 76.6 Å². The third-order valence-corrected chi connectivity index (χ3v) is 3.74. The molecule has 5 heteroatoms. The Balaban J connectivity index is 2.40. The van der Waals surface area contributed by atoms with Crippen LogP contribution in [0.2, 0.25) is 0 Å². The molecule has 2 N–H and O–H groups in total. The molecule has 0 aliphatic carbocycles. The fourth-order valence-corrected chi connectivity index (χ4v) is 2.88. The van der Waals surface area contributed by atoms with Crippen LogP contribution in [0.4, 0.5) is 0 Å². The summed E-state index contributed by atoms with van der Waals surface area (Å²) < 4.78 is 27.8. The molecule has 0 fully saturated rings. The second kappa shape index (κ2) is 2.85. The standard InChI is InChI=1S/C8H11NO3S/c9-4-7-3-6-5-13(10,11)2-1-8(6)12-7/h3H,1-2,4-5,9H2. The molecule has 13 heavy (non-hydrogen) atoms. The summed E-state index contributed by atoms with van der Waals surface area (Å²) in [7, 11) is -2.89. The fourth-order valence-electron chi connectivity index (χ4n) is 1.52. The van der Waals surface area contributed by atoms with Crippen LogP contribution in [-0.2, 0) is 28.6 Å². The van der Waals surface area contributed by atoms with E-state index in [9.17, 15) is 8.42 Å². The van der Waals surface area contributed by atoms with Gasteiger partial charge in [-0.25, -0.2) is 8.42 Å². The van der Waals surface area contributed by atoms with Crippen LogP contribution >= 0.6 is 0 Å². The van der Waals surface area contributed by atoms with Gasteiger partial charge in [-0.1, -0.05) is 0 Å². The fraction of sp³-hybridized carbons (Fsp3) is 0.500. The number of rotatable bonds is 1. The first kappa shape index (κ1) is 8.77. The van der Waals surface area contributed by atoms with Crippen LogP contribution in [0.15, 0.2) is 10.5 Å². The van der Waals surface area contributed by atoms with Gasteiger partial charge in [0.1, 0.15) is 11.5 Å². The van der Waals surface area contributed by atoms with Crippen molar-refractivity contribution >= 4 is 9.84 Å². The third-order valence-electron chi connectivity index (χ3n) is 2.16. The number of sulfone groups is 1. The Morgan fingerprint density at radius 1 is 1.54 bits per heavy atom. The number of fused-ring (bicyclic) bond motifs is 1. The number of hydrogen-bond acceptors (Lipinski definition) is 4. The van der Waals surface area contributed by atoms with Gasteiger partial charge in [0.25, 0.3) is 0 Å². The predicted molar refractivity (Wildman–Crippen MR) is 47.8 cm³/mol. The SMILES string of the molecule is NCc1cc2c(o1)CCS(=O)(=O)C2. The number of hydrogen-bond donors (Lipinski definition) is 1. The zero-order chi connectivity index (χ0) is 9.47. The first-order chi connectivity index (χ1) is 6.11. The summed E-state index contributed by atoms with van der Waals surface area (Å²) in [6.07, 6.45) is 0.484. The molecule has 2 rings (SSSR count). The molecule has 0 atom stereocenters. The van der Waals surface area contributed by atoms with E-state index in [1.54, 1.807) is 6.07 Å². The number of furan rings is 1. The molecular weight excluding hydrogens is 190 g/mol. The van der Waals surface area contributed by atoms with Crippen LogP contribution in [0.5, 0.6) is 0 Å². The van der Waals surface area contributed by atoms with Crippen LogP contribution in [0, 0.1) is 0 Å². The van der Waals surface area contributed by atoms with Crippen molar-refractivity contribution in [3.63, 3.8) is 0 Å². The Hall–Kier alpha value is -0.810. The Morgan fingerprint density at radius 2 is 2.31 bits per heavy atom. The lowest BCUT2D eigenvalue weighted by atomic mass is 10.2. The molecule has 0 unspecified atom stereocenters. The lowest BCUT2D eigenvalue weighted by Gasteiger charge is -2.09. The van der Waals surface area contributed by atoms with Crippen molar-refractivity contribution in [1.29, 1.82) is 0 Å². The van der Waals surface area contributed by atoms with Crippen molar-refractivity contribution in [2.45, 2.75) is 18.7 Å². The van der Waals surface area contributed by atoms with E-state index < -0.39 is 9.84 Å². The van der Waals surface area contributed by atoms with Crippen LogP contribution in [-0.4, -0.2) is 14.2 Å². The van der Waals surface area contributed by atoms with Crippen molar-refractivity contribution in [1.82, 2.24) is 0 Å². The molecule has 0 amide bonds. The highest BCUT2D eigenvalue weighted by molar-refractivity contribution is 7.90. The van der Waals surface area contributed by atoms with Gasteiger partial charge >= 0.3 is 0 Å². The molecule has 0 radical (unpaired) electrons. The highest BCUT2D eigenvalue weighted by Crippen LogP contribution is 2.23. The van der Waals surface area contributed by atoms with Crippen LogP contribution < -0.4 is 5.73 Å². The van der Waals surface area contributed by atoms with E-state index >= 15 is 0 Å². The molecule has 0 saturated carbocycles. The second-order valence-corrected chi connectivity index (χ2v) is 5.39. The molecule has 1 aliphatic heterocycles.